The first-order chi connectivity index (χ1) is 11.7. The number of β-amino-alcohol motifs (C(OH)–C–C–N with tert-alkyl or cyclic N) is 1. The van der Waals surface area contributed by atoms with Gasteiger partial charge < -0.3 is 14.7 Å². The first-order valence-corrected chi connectivity index (χ1v) is 8.47. The van der Waals surface area contributed by atoms with E-state index in [0.29, 0.717) is 13.2 Å². The van der Waals surface area contributed by atoms with E-state index < -0.39 is 6.10 Å². The van der Waals surface area contributed by atoms with Gasteiger partial charge in [-0.25, -0.2) is 4.98 Å². The van der Waals surface area contributed by atoms with Gasteiger partial charge in [-0.15, -0.1) is 12.4 Å². The Morgan fingerprint density at radius 3 is 2.48 bits per heavy atom. The number of para-hydroxylation sites is 1. The Morgan fingerprint density at radius 1 is 1.08 bits per heavy atom. The van der Waals surface area contributed by atoms with Crippen LogP contribution in [0.15, 0.2) is 48.7 Å². The number of nitrogens with zero attached hydrogens (tertiary/aromatic N) is 3. The first-order valence-electron chi connectivity index (χ1n) is 8.47. The number of aliphatic hydroxyl groups excluding tert-OH is 1. The van der Waals surface area contributed by atoms with Crippen molar-refractivity contribution >= 4 is 18.2 Å². The van der Waals surface area contributed by atoms with Crippen LogP contribution in [-0.4, -0.2) is 60.4 Å². The number of pyridine rings is 1. The van der Waals surface area contributed by atoms with E-state index >= 15 is 0 Å². The fraction of sp³-hybridized carbons (Fsp3) is 0.421. The van der Waals surface area contributed by atoms with E-state index in [-0.39, 0.29) is 12.4 Å². The quantitative estimate of drug-likeness (QED) is 0.853. The van der Waals surface area contributed by atoms with Gasteiger partial charge in [0.2, 0.25) is 0 Å². The lowest BCUT2D eigenvalue weighted by Gasteiger charge is -2.36. The van der Waals surface area contributed by atoms with Crippen molar-refractivity contribution in [2.75, 3.05) is 44.2 Å². The summed E-state index contributed by atoms with van der Waals surface area (Å²) < 4.78 is 5.73. The molecule has 1 saturated heterocycles. The van der Waals surface area contributed by atoms with Crippen LogP contribution in [0, 0.1) is 6.92 Å². The summed E-state index contributed by atoms with van der Waals surface area (Å²) in [6, 6.07) is 13.9. The van der Waals surface area contributed by atoms with Gasteiger partial charge in [0.25, 0.3) is 0 Å². The zero-order valence-corrected chi connectivity index (χ0v) is 15.4. The minimum absolute atomic E-state index is 0. The summed E-state index contributed by atoms with van der Waals surface area (Å²) >= 11 is 0. The van der Waals surface area contributed by atoms with Gasteiger partial charge in [0.05, 0.1) is 0 Å². The molecule has 1 aromatic carbocycles. The molecule has 0 spiro atoms. The first kappa shape index (κ1) is 19.5. The van der Waals surface area contributed by atoms with Gasteiger partial charge in [-0.1, -0.05) is 24.3 Å². The van der Waals surface area contributed by atoms with Gasteiger partial charge in [0.1, 0.15) is 24.3 Å². The molecule has 1 aromatic heterocycles. The lowest BCUT2D eigenvalue weighted by molar-refractivity contribution is 0.0660. The normalized spacial score (nSPS) is 16.2. The molecule has 5 nitrogen and oxygen atoms in total. The van der Waals surface area contributed by atoms with Crippen LogP contribution in [0.4, 0.5) is 5.82 Å². The third kappa shape index (κ3) is 5.59. The van der Waals surface area contributed by atoms with E-state index in [0.717, 1.165) is 43.3 Å². The number of aliphatic hydroxyl groups is 1. The molecule has 2 heterocycles. The van der Waals surface area contributed by atoms with Crippen LogP contribution in [-0.2, 0) is 0 Å². The smallest absolute Gasteiger partial charge is 0.128 e. The molecule has 6 heteroatoms. The van der Waals surface area contributed by atoms with Crippen LogP contribution in [0.25, 0.3) is 0 Å². The highest BCUT2D eigenvalue weighted by molar-refractivity contribution is 5.85. The topological polar surface area (TPSA) is 48.8 Å². The summed E-state index contributed by atoms with van der Waals surface area (Å²) in [5.41, 5.74) is 1.09. The zero-order chi connectivity index (χ0) is 16.8. The molecule has 0 amide bonds. The number of rotatable bonds is 6. The molecule has 0 bridgehead atoms. The average Bonchev–Trinajstić information content (AvgIpc) is 2.62. The van der Waals surface area contributed by atoms with Crippen LogP contribution in [0.1, 0.15) is 5.56 Å². The van der Waals surface area contributed by atoms with E-state index in [2.05, 4.69) is 14.8 Å². The van der Waals surface area contributed by atoms with Gasteiger partial charge >= 0.3 is 0 Å². The number of halogens is 1. The molecule has 0 aliphatic carbocycles. The molecule has 1 fully saturated rings. The molecule has 3 rings (SSSR count). The van der Waals surface area contributed by atoms with Gasteiger partial charge in [0, 0.05) is 38.9 Å². The minimum Gasteiger partial charge on any atom is -0.491 e. The van der Waals surface area contributed by atoms with Crippen LogP contribution < -0.4 is 9.64 Å². The number of ether oxygens (including phenoxy) is 1. The molecule has 2 aromatic rings. The van der Waals surface area contributed by atoms with Gasteiger partial charge in [-0.2, -0.15) is 0 Å². The Hall–Kier alpha value is -1.82. The SMILES string of the molecule is Cc1ccccc1OCC(O)CN1CCN(c2ccccn2)CC1.Cl. The second-order valence-corrected chi connectivity index (χ2v) is 6.21. The molecule has 25 heavy (non-hydrogen) atoms. The lowest BCUT2D eigenvalue weighted by atomic mass is 10.2. The molecule has 1 atom stereocenters. The predicted molar refractivity (Wildman–Crippen MR) is 103 cm³/mol. The zero-order valence-electron chi connectivity index (χ0n) is 14.5. The number of piperazine rings is 1. The highest BCUT2D eigenvalue weighted by Gasteiger charge is 2.20. The molecule has 0 radical (unpaired) electrons. The maximum Gasteiger partial charge on any atom is 0.128 e. The van der Waals surface area contributed by atoms with Crippen LogP contribution >= 0.6 is 12.4 Å². The van der Waals surface area contributed by atoms with Crippen molar-refractivity contribution in [2.45, 2.75) is 13.0 Å². The molecule has 1 aliphatic rings. The molecule has 136 valence electrons. The fourth-order valence-electron chi connectivity index (χ4n) is 2.96. The summed E-state index contributed by atoms with van der Waals surface area (Å²) in [5, 5.41) is 10.2. The number of hydrogen-bond donors (Lipinski definition) is 1. The Labute approximate surface area is 155 Å². The molecule has 0 saturated carbocycles. The fourth-order valence-corrected chi connectivity index (χ4v) is 2.96. The molecule has 1 N–H and O–H groups in total. The van der Waals surface area contributed by atoms with Crippen molar-refractivity contribution in [3.63, 3.8) is 0 Å². The number of benzene rings is 1. The van der Waals surface area contributed by atoms with E-state index in [9.17, 15) is 5.11 Å². The van der Waals surface area contributed by atoms with Crippen molar-refractivity contribution < 1.29 is 9.84 Å². The monoisotopic (exact) mass is 363 g/mol. The molecule has 1 unspecified atom stereocenters. The van der Waals surface area contributed by atoms with Crippen molar-refractivity contribution in [1.29, 1.82) is 0 Å². The number of aromatic nitrogens is 1. The van der Waals surface area contributed by atoms with Gasteiger partial charge in [0.15, 0.2) is 0 Å². The van der Waals surface area contributed by atoms with Gasteiger partial charge in [-0.3, -0.25) is 4.90 Å². The standard InChI is InChI=1S/C19H25N3O2.ClH/c1-16-6-2-3-7-18(16)24-15-17(23)14-21-10-12-22(13-11-21)19-8-4-5-9-20-19;/h2-9,17,23H,10-15H2,1H3;1H. The van der Waals surface area contributed by atoms with Crippen molar-refractivity contribution in [1.82, 2.24) is 9.88 Å². The number of hydrogen-bond acceptors (Lipinski definition) is 5. The van der Waals surface area contributed by atoms with Crippen molar-refractivity contribution in [2.24, 2.45) is 0 Å². The Balaban J connectivity index is 0.00000225. The van der Waals surface area contributed by atoms with Crippen molar-refractivity contribution in [3.05, 3.63) is 54.2 Å². The maximum absolute atomic E-state index is 10.2. The Kier molecular flexibility index (Phi) is 7.50. The third-order valence-electron chi connectivity index (χ3n) is 4.34. The molecular weight excluding hydrogens is 338 g/mol. The Morgan fingerprint density at radius 2 is 1.80 bits per heavy atom. The lowest BCUT2D eigenvalue weighted by Crippen LogP contribution is -2.49. The molecular formula is C19H26ClN3O2. The predicted octanol–water partition coefficient (Wildman–Crippen LogP) is 2.37. The van der Waals surface area contributed by atoms with E-state index in [1.807, 2.05) is 55.6 Å². The second kappa shape index (κ2) is 9.61. The highest BCUT2D eigenvalue weighted by Crippen LogP contribution is 2.17. The summed E-state index contributed by atoms with van der Waals surface area (Å²) in [7, 11) is 0. The summed E-state index contributed by atoms with van der Waals surface area (Å²) in [6.07, 6.45) is 1.35. The number of aryl methyl sites for hydroxylation is 1. The molecule has 1 aliphatic heterocycles. The maximum atomic E-state index is 10.2. The second-order valence-electron chi connectivity index (χ2n) is 6.21. The minimum atomic E-state index is -0.481. The van der Waals surface area contributed by atoms with Crippen LogP contribution in [0.3, 0.4) is 0 Å². The van der Waals surface area contributed by atoms with Crippen LogP contribution in [0.2, 0.25) is 0 Å². The van der Waals surface area contributed by atoms with Crippen LogP contribution in [0.5, 0.6) is 5.75 Å². The highest BCUT2D eigenvalue weighted by atomic mass is 35.5. The summed E-state index contributed by atoms with van der Waals surface area (Å²) in [5.74, 6) is 1.87. The Bertz CT molecular complexity index is 634. The summed E-state index contributed by atoms with van der Waals surface area (Å²) in [6.45, 7) is 6.70. The van der Waals surface area contributed by atoms with E-state index in [4.69, 9.17) is 4.74 Å². The van der Waals surface area contributed by atoms with Crippen molar-refractivity contribution in [3.8, 4) is 5.75 Å². The van der Waals surface area contributed by atoms with E-state index in [1.54, 1.807) is 0 Å². The van der Waals surface area contributed by atoms with Gasteiger partial charge in [-0.05, 0) is 30.7 Å². The third-order valence-corrected chi connectivity index (χ3v) is 4.34. The van der Waals surface area contributed by atoms with E-state index in [1.165, 1.54) is 0 Å². The summed E-state index contributed by atoms with van der Waals surface area (Å²) in [4.78, 5) is 8.97. The number of anilines is 1. The average molecular weight is 364 g/mol. The largest absolute Gasteiger partial charge is 0.491 e.